The standard InChI is InChI=1S/C44H46N8O6/c1-3-19-51(40(53)25-47-43(55)57-2)27-39-45-23-37(49-39)35-18-17-33-21-32(15-16-34(33)22-35)30-11-13-31(14-12-30)36-24-46-42(50-36)38-10-7-20-52(38)41(54)26-48-44(56)58-28-29-8-5-4-6-9-29/h4-6,8-9,11-18,21-24,38H,3,7,10,19-20,25-28H2,1-2H3,(H,45,49)(H,46,50)(H,47,55)(H,48,56)/t38-/m0/s1. The molecule has 0 radical (unpaired) electrons. The topological polar surface area (TPSA) is 175 Å². The maximum Gasteiger partial charge on any atom is 0.407 e. The van der Waals surface area contributed by atoms with Crippen molar-refractivity contribution in [2.24, 2.45) is 0 Å². The van der Waals surface area contributed by atoms with E-state index in [2.05, 4.69) is 89.9 Å². The number of ether oxygens (including phenoxy) is 2. The molecule has 0 unspecified atom stereocenters. The minimum absolute atomic E-state index is 0.135. The summed E-state index contributed by atoms with van der Waals surface area (Å²) in [4.78, 5) is 68.9. The Bertz CT molecular complexity index is 2370. The number of aromatic nitrogens is 4. The van der Waals surface area contributed by atoms with Crippen LogP contribution in [-0.2, 0) is 32.2 Å². The van der Waals surface area contributed by atoms with Gasteiger partial charge in [0.1, 0.15) is 31.3 Å². The first kappa shape index (κ1) is 39.3. The molecule has 1 fully saturated rings. The molecule has 1 saturated heterocycles. The van der Waals surface area contributed by atoms with E-state index in [1.807, 2.05) is 43.3 Å². The molecule has 14 nitrogen and oxygen atoms in total. The number of fused-ring (bicyclic) bond motifs is 1. The van der Waals surface area contributed by atoms with Crippen LogP contribution in [0, 0.1) is 0 Å². The molecule has 7 rings (SSSR count). The van der Waals surface area contributed by atoms with E-state index < -0.39 is 12.2 Å². The fourth-order valence-corrected chi connectivity index (χ4v) is 7.12. The number of methoxy groups -OCH3 is 1. The molecule has 0 bridgehead atoms. The number of alkyl carbamates (subject to hydrolysis) is 2. The molecule has 0 saturated carbocycles. The lowest BCUT2D eigenvalue weighted by molar-refractivity contribution is -0.131. The Morgan fingerprint density at radius 1 is 0.793 bits per heavy atom. The molecule has 3 heterocycles. The van der Waals surface area contributed by atoms with Crippen molar-refractivity contribution in [1.82, 2.24) is 40.4 Å². The van der Waals surface area contributed by atoms with Crippen LogP contribution in [0.1, 0.15) is 49.4 Å². The highest BCUT2D eigenvalue weighted by Gasteiger charge is 2.32. The molecule has 0 aliphatic carbocycles. The maximum atomic E-state index is 13.1. The third-order valence-corrected chi connectivity index (χ3v) is 10.1. The van der Waals surface area contributed by atoms with E-state index in [0.717, 1.165) is 75.1 Å². The summed E-state index contributed by atoms with van der Waals surface area (Å²) < 4.78 is 9.82. The molecular formula is C44H46N8O6. The molecule has 58 heavy (non-hydrogen) atoms. The van der Waals surface area contributed by atoms with Crippen molar-refractivity contribution in [2.45, 2.75) is 45.4 Å². The molecule has 4 N–H and O–H groups in total. The second-order valence-corrected chi connectivity index (χ2v) is 14.1. The van der Waals surface area contributed by atoms with Gasteiger partial charge in [-0.2, -0.15) is 0 Å². The number of nitrogens with one attached hydrogen (secondary N) is 4. The Labute approximate surface area is 336 Å². The zero-order valence-corrected chi connectivity index (χ0v) is 32.5. The molecule has 2 aromatic heterocycles. The van der Waals surface area contributed by atoms with Crippen molar-refractivity contribution >= 4 is 34.8 Å². The number of likely N-dealkylation sites (tertiary alicyclic amines) is 1. The average molecular weight is 783 g/mol. The number of benzene rings is 4. The zero-order valence-electron chi connectivity index (χ0n) is 32.5. The molecule has 298 valence electrons. The summed E-state index contributed by atoms with van der Waals surface area (Å²) in [7, 11) is 1.26. The molecule has 4 aromatic carbocycles. The highest BCUT2D eigenvalue weighted by atomic mass is 16.5. The Morgan fingerprint density at radius 3 is 2.22 bits per heavy atom. The minimum Gasteiger partial charge on any atom is -0.453 e. The molecule has 0 spiro atoms. The van der Waals surface area contributed by atoms with Crippen molar-refractivity contribution in [2.75, 3.05) is 33.3 Å². The molecule has 6 aromatic rings. The number of imidazole rings is 2. The third kappa shape index (κ3) is 9.52. The number of hydrogen-bond donors (Lipinski definition) is 4. The fourth-order valence-electron chi connectivity index (χ4n) is 7.12. The number of rotatable bonds is 14. The first-order valence-electron chi connectivity index (χ1n) is 19.4. The normalized spacial score (nSPS) is 13.6. The van der Waals surface area contributed by atoms with Gasteiger partial charge in [-0.3, -0.25) is 9.59 Å². The summed E-state index contributed by atoms with van der Waals surface area (Å²) in [6, 6.07) is 30.1. The van der Waals surface area contributed by atoms with E-state index in [1.165, 1.54) is 7.11 Å². The fraction of sp³-hybridized carbons (Fsp3) is 0.273. The number of amides is 4. The smallest absolute Gasteiger partial charge is 0.407 e. The summed E-state index contributed by atoms with van der Waals surface area (Å²) in [6.07, 6.45) is 4.68. The third-order valence-electron chi connectivity index (χ3n) is 10.1. The van der Waals surface area contributed by atoms with Crippen LogP contribution in [0.5, 0.6) is 0 Å². The lowest BCUT2D eigenvalue weighted by Gasteiger charge is -2.23. The molecule has 1 atom stereocenters. The number of nitrogens with zero attached hydrogens (tertiary/aromatic N) is 4. The number of carbonyl (C=O) groups is 4. The van der Waals surface area contributed by atoms with E-state index in [-0.39, 0.29) is 37.6 Å². The zero-order chi connectivity index (χ0) is 40.4. The second-order valence-electron chi connectivity index (χ2n) is 14.1. The van der Waals surface area contributed by atoms with Gasteiger partial charge >= 0.3 is 12.2 Å². The predicted molar refractivity (Wildman–Crippen MR) is 219 cm³/mol. The Kier molecular flexibility index (Phi) is 12.4. The Morgan fingerprint density at radius 2 is 1.47 bits per heavy atom. The van der Waals surface area contributed by atoms with Crippen LogP contribution in [0.3, 0.4) is 0 Å². The highest BCUT2D eigenvalue weighted by molar-refractivity contribution is 5.90. The van der Waals surface area contributed by atoms with Gasteiger partial charge in [0.15, 0.2) is 0 Å². The summed E-state index contributed by atoms with van der Waals surface area (Å²) in [5.41, 5.74) is 6.68. The number of H-pyrrole nitrogens is 2. The van der Waals surface area contributed by atoms with E-state index in [4.69, 9.17) is 4.74 Å². The largest absolute Gasteiger partial charge is 0.453 e. The van der Waals surface area contributed by atoms with Gasteiger partial charge in [-0.25, -0.2) is 19.6 Å². The van der Waals surface area contributed by atoms with Gasteiger partial charge in [-0.15, -0.1) is 0 Å². The van der Waals surface area contributed by atoms with Crippen molar-refractivity contribution in [3.8, 4) is 33.6 Å². The van der Waals surface area contributed by atoms with Gasteiger partial charge in [0.2, 0.25) is 11.8 Å². The first-order valence-corrected chi connectivity index (χ1v) is 19.4. The van der Waals surface area contributed by atoms with Gasteiger partial charge in [0, 0.05) is 18.7 Å². The average Bonchev–Trinajstić information content (AvgIpc) is 4.06. The van der Waals surface area contributed by atoms with Crippen molar-refractivity contribution in [1.29, 1.82) is 0 Å². The SMILES string of the molecule is CCCN(Cc1ncc(-c2ccc3cc(-c4ccc(-c5cnc([C@@H]6CCCN6C(=O)CNC(=O)OCc6ccccc6)[nH]5)cc4)ccc3c2)[nH]1)C(=O)CNC(=O)OC. The van der Waals surface area contributed by atoms with Crippen molar-refractivity contribution < 1.29 is 28.7 Å². The minimum atomic E-state index is -0.650. The van der Waals surface area contributed by atoms with Crippen LogP contribution in [-0.4, -0.2) is 87.0 Å². The van der Waals surface area contributed by atoms with Crippen LogP contribution in [0.25, 0.3) is 44.4 Å². The van der Waals surface area contributed by atoms with E-state index in [1.54, 1.807) is 22.2 Å². The molecular weight excluding hydrogens is 737 g/mol. The van der Waals surface area contributed by atoms with Gasteiger partial charge in [-0.05, 0) is 64.4 Å². The quantitative estimate of drug-likeness (QED) is 0.0917. The van der Waals surface area contributed by atoms with Gasteiger partial charge in [-0.1, -0.05) is 85.8 Å². The molecule has 14 heteroatoms. The van der Waals surface area contributed by atoms with Gasteiger partial charge in [0.25, 0.3) is 0 Å². The molecule has 4 amide bonds. The van der Waals surface area contributed by atoms with Crippen LogP contribution in [0.15, 0.2) is 103 Å². The van der Waals surface area contributed by atoms with E-state index in [0.29, 0.717) is 25.5 Å². The highest BCUT2D eigenvalue weighted by Crippen LogP contribution is 2.33. The second kappa shape index (κ2) is 18.3. The first-order chi connectivity index (χ1) is 28.3. The monoisotopic (exact) mass is 782 g/mol. The summed E-state index contributed by atoms with van der Waals surface area (Å²) in [5, 5.41) is 7.20. The van der Waals surface area contributed by atoms with E-state index in [9.17, 15) is 19.2 Å². The molecule has 1 aliphatic rings. The summed E-state index contributed by atoms with van der Waals surface area (Å²) in [6.45, 7) is 3.24. The van der Waals surface area contributed by atoms with E-state index >= 15 is 0 Å². The lowest BCUT2D eigenvalue weighted by atomic mass is 9.98. The Balaban J connectivity index is 0.952. The summed E-state index contributed by atoms with van der Waals surface area (Å²) in [5.74, 6) is 0.968. The van der Waals surface area contributed by atoms with Crippen molar-refractivity contribution in [3.63, 3.8) is 0 Å². The van der Waals surface area contributed by atoms with Gasteiger partial charge < -0.3 is 39.9 Å². The van der Waals surface area contributed by atoms with Crippen molar-refractivity contribution in [3.05, 3.63) is 121 Å². The van der Waals surface area contributed by atoms with Crippen LogP contribution < -0.4 is 10.6 Å². The van der Waals surface area contributed by atoms with Crippen LogP contribution >= 0.6 is 0 Å². The number of hydrogen-bond acceptors (Lipinski definition) is 8. The number of carbonyl (C=O) groups excluding carboxylic acids is 4. The summed E-state index contributed by atoms with van der Waals surface area (Å²) >= 11 is 0. The van der Waals surface area contributed by atoms with Crippen LogP contribution in [0.2, 0.25) is 0 Å². The number of aromatic amines is 2. The molecule has 1 aliphatic heterocycles. The maximum absolute atomic E-state index is 13.1. The lowest BCUT2D eigenvalue weighted by Crippen LogP contribution is -2.40. The predicted octanol–water partition coefficient (Wildman–Crippen LogP) is 6.97. The van der Waals surface area contributed by atoms with Gasteiger partial charge in [0.05, 0.1) is 43.5 Å². The van der Waals surface area contributed by atoms with Crippen LogP contribution in [0.4, 0.5) is 9.59 Å². The Hall–Kier alpha value is -6.96.